The van der Waals surface area contributed by atoms with Gasteiger partial charge in [-0.2, -0.15) is 0 Å². The maximum absolute atomic E-state index is 11.2. The Morgan fingerprint density at radius 1 is 0.875 bits per heavy atom. The van der Waals surface area contributed by atoms with E-state index in [1.807, 2.05) is 42.5 Å². The molecule has 0 saturated heterocycles. The topological polar surface area (TPSA) is 40.9 Å². The lowest BCUT2D eigenvalue weighted by atomic mass is 10.0. The molecule has 1 N–H and O–H groups in total. The van der Waals surface area contributed by atoms with Gasteiger partial charge in [0, 0.05) is 5.56 Å². The van der Waals surface area contributed by atoms with Crippen molar-refractivity contribution < 1.29 is 4.79 Å². The molecule has 0 aliphatic carbocycles. The zero-order chi connectivity index (χ0) is 11.4. The molecule has 2 heteroatoms. The van der Waals surface area contributed by atoms with Crippen molar-refractivity contribution in [2.75, 3.05) is 0 Å². The number of hydrogen-bond donors (Lipinski definition) is 1. The van der Waals surface area contributed by atoms with Gasteiger partial charge in [-0.05, 0) is 11.1 Å². The Labute approximate surface area is 94.1 Å². The first-order chi connectivity index (χ1) is 7.81. The van der Waals surface area contributed by atoms with Gasteiger partial charge < -0.3 is 5.41 Å². The molecule has 0 aliphatic heterocycles. The van der Waals surface area contributed by atoms with Gasteiger partial charge in [-0.1, -0.05) is 54.6 Å². The molecule has 2 aromatic carbocycles. The zero-order valence-electron chi connectivity index (χ0n) is 8.68. The van der Waals surface area contributed by atoms with E-state index in [9.17, 15) is 4.79 Å². The fourth-order valence-electron chi connectivity index (χ4n) is 1.54. The highest BCUT2D eigenvalue weighted by atomic mass is 16.1. The van der Waals surface area contributed by atoms with Crippen molar-refractivity contribution in [3.8, 4) is 11.1 Å². The van der Waals surface area contributed by atoms with Crippen molar-refractivity contribution in [1.82, 2.24) is 0 Å². The molecule has 2 aromatic rings. The molecular formula is C14H11NO. The minimum Gasteiger partial charge on any atom is -0.305 e. The fourth-order valence-corrected chi connectivity index (χ4v) is 1.54. The smallest absolute Gasteiger partial charge is 0.203 e. The first kappa shape index (κ1) is 10.3. The summed E-state index contributed by atoms with van der Waals surface area (Å²) >= 11 is 0. The van der Waals surface area contributed by atoms with Crippen LogP contribution in [0.5, 0.6) is 0 Å². The summed E-state index contributed by atoms with van der Waals surface area (Å²) in [6.45, 7) is 0. The third-order valence-corrected chi connectivity index (χ3v) is 2.41. The van der Waals surface area contributed by atoms with Crippen molar-refractivity contribution >= 4 is 12.0 Å². The fraction of sp³-hybridized carbons (Fsp3) is 0. The van der Waals surface area contributed by atoms with Gasteiger partial charge in [0.1, 0.15) is 0 Å². The summed E-state index contributed by atoms with van der Waals surface area (Å²) < 4.78 is 0. The van der Waals surface area contributed by atoms with E-state index < -0.39 is 0 Å². The van der Waals surface area contributed by atoms with E-state index in [2.05, 4.69) is 0 Å². The lowest BCUT2D eigenvalue weighted by Gasteiger charge is -2.01. The molecule has 0 aliphatic rings. The number of carbonyl (C=O) groups is 1. The second-order valence-electron chi connectivity index (χ2n) is 3.45. The Bertz CT molecular complexity index is 500. The molecule has 0 saturated carbocycles. The summed E-state index contributed by atoms with van der Waals surface area (Å²) in [5.41, 5.74) is 2.74. The van der Waals surface area contributed by atoms with Crippen molar-refractivity contribution in [3.05, 3.63) is 60.2 Å². The van der Waals surface area contributed by atoms with Crippen LogP contribution in [0.4, 0.5) is 0 Å². The molecule has 0 spiro atoms. The second kappa shape index (κ2) is 4.53. The molecule has 16 heavy (non-hydrogen) atoms. The monoisotopic (exact) mass is 209 g/mol. The molecule has 0 amide bonds. The molecule has 2 nitrogen and oxygen atoms in total. The Kier molecular flexibility index (Phi) is 2.92. The van der Waals surface area contributed by atoms with E-state index in [4.69, 9.17) is 5.41 Å². The summed E-state index contributed by atoms with van der Waals surface area (Å²) in [7, 11) is 0. The van der Waals surface area contributed by atoms with Gasteiger partial charge in [0.05, 0.1) is 6.21 Å². The van der Waals surface area contributed by atoms with Crippen LogP contribution in [0.1, 0.15) is 10.4 Å². The van der Waals surface area contributed by atoms with Crippen LogP contribution >= 0.6 is 0 Å². The van der Waals surface area contributed by atoms with Crippen molar-refractivity contribution in [3.63, 3.8) is 0 Å². The minimum absolute atomic E-state index is 0.264. The standard InChI is InChI=1S/C14H11NO/c15-10-14(16)13-8-6-12(7-9-13)11-4-2-1-3-5-11/h1-10,15H. The summed E-state index contributed by atoms with van der Waals surface area (Å²) in [5, 5.41) is 6.89. The summed E-state index contributed by atoms with van der Waals surface area (Å²) in [6.07, 6.45) is 0.831. The Balaban J connectivity index is 2.33. The Morgan fingerprint density at radius 3 is 2.00 bits per heavy atom. The summed E-state index contributed by atoms with van der Waals surface area (Å²) in [5.74, 6) is -0.264. The second-order valence-corrected chi connectivity index (χ2v) is 3.45. The largest absolute Gasteiger partial charge is 0.305 e. The Hall–Kier alpha value is -2.22. The van der Waals surface area contributed by atoms with Gasteiger partial charge in [0.15, 0.2) is 0 Å². The molecular weight excluding hydrogens is 198 g/mol. The molecule has 0 bridgehead atoms. The molecule has 0 fully saturated rings. The number of nitrogens with one attached hydrogen (secondary N) is 1. The number of carbonyl (C=O) groups excluding carboxylic acids is 1. The normalized spacial score (nSPS) is 9.75. The third kappa shape index (κ3) is 2.06. The number of Topliss-reactive ketones (excluding diaryl/α,β-unsaturated/α-hetero) is 1. The maximum Gasteiger partial charge on any atom is 0.203 e. The highest BCUT2D eigenvalue weighted by Crippen LogP contribution is 2.19. The van der Waals surface area contributed by atoms with Crippen molar-refractivity contribution in [2.45, 2.75) is 0 Å². The van der Waals surface area contributed by atoms with Crippen LogP contribution in [0.25, 0.3) is 11.1 Å². The minimum atomic E-state index is -0.264. The maximum atomic E-state index is 11.2. The first-order valence-electron chi connectivity index (χ1n) is 5.01. The van der Waals surface area contributed by atoms with E-state index in [0.29, 0.717) is 5.56 Å². The average Bonchev–Trinajstić information content (AvgIpc) is 2.39. The van der Waals surface area contributed by atoms with Gasteiger partial charge in [-0.15, -0.1) is 0 Å². The molecule has 0 heterocycles. The predicted molar refractivity (Wildman–Crippen MR) is 65.0 cm³/mol. The summed E-state index contributed by atoms with van der Waals surface area (Å²) in [6, 6.07) is 17.2. The van der Waals surface area contributed by atoms with Gasteiger partial charge in [0.2, 0.25) is 5.78 Å². The lowest BCUT2D eigenvalue weighted by Crippen LogP contribution is -1.98. The van der Waals surface area contributed by atoms with E-state index in [1.165, 1.54) is 0 Å². The van der Waals surface area contributed by atoms with Gasteiger partial charge in [0.25, 0.3) is 0 Å². The highest BCUT2D eigenvalue weighted by molar-refractivity contribution is 6.34. The number of rotatable bonds is 3. The third-order valence-electron chi connectivity index (χ3n) is 2.41. The summed E-state index contributed by atoms with van der Waals surface area (Å²) in [4.78, 5) is 11.2. The van der Waals surface area contributed by atoms with Crippen LogP contribution in [0.3, 0.4) is 0 Å². The number of ketones is 1. The van der Waals surface area contributed by atoms with Crippen LogP contribution in [0, 0.1) is 5.41 Å². The molecule has 0 unspecified atom stereocenters. The number of hydrogen-bond acceptors (Lipinski definition) is 2. The van der Waals surface area contributed by atoms with Gasteiger partial charge in [-0.3, -0.25) is 4.79 Å². The van der Waals surface area contributed by atoms with Crippen LogP contribution in [-0.4, -0.2) is 12.0 Å². The van der Waals surface area contributed by atoms with Crippen LogP contribution in [-0.2, 0) is 0 Å². The lowest BCUT2D eigenvalue weighted by molar-refractivity contribution is 0.107. The SMILES string of the molecule is N=CC(=O)c1ccc(-c2ccccc2)cc1. The van der Waals surface area contributed by atoms with Gasteiger partial charge >= 0.3 is 0 Å². The zero-order valence-corrected chi connectivity index (χ0v) is 8.68. The van der Waals surface area contributed by atoms with Crippen molar-refractivity contribution in [1.29, 1.82) is 5.41 Å². The number of benzene rings is 2. The van der Waals surface area contributed by atoms with Gasteiger partial charge in [-0.25, -0.2) is 0 Å². The van der Waals surface area contributed by atoms with E-state index in [-0.39, 0.29) is 5.78 Å². The molecule has 0 radical (unpaired) electrons. The predicted octanol–water partition coefficient (Wildman–Crippen LogP) is 3.19. The molecule has 0 atom stereocenters. The molecule has 0 aromatic heterocycles. The van der Waals surface area contributed by atoms with Crippen LogP contribution in [0.2, 0.25) is 0 Å². The molecule has 78 valence electrons. The van der Waals surface area contributed by atoms with E-state index >= 15 is 0 Å². The van der Waals surface area contributed by atoms with Crippen molar-refractivity contribution in [2.24, 2.45) is 0 Å². The Morgan fingerprint density at radius 2 is 1.44 bits per heavy atom. The van der Waals surface area contributed by atoms with E-state index in [1.54, 1.807) is 12.1 Å². The van der Waals surface area contributed by atoms with Crippen LogP contribution in [0.15, 0.2) is 54.6 Å². The van der Waals surface area contributed by atoms with E-state index in [0.717, 1.165) is 17.3 Å². The average molecular weight is 209 g/mol. The highest BCUT2D eigenvalue weighted by Gasteiger charge is 2.02. The first-order valence-corrected chi connectivity index (χ1v) is 5.01. The molecule has 2 rings (SSSR count). The van der Waals surface area contributed by atoms with Crippen LogP contribution < -0.4 is 0 Å². The quantitative estimate of drug-likeness (QED) is 0.612.